The van der Waals surface area contributed by atoms with Gasteiger partial charge in [0, 0.05) is 31.7 Å². The van der Waals surface area contributed by atoms with Crippen LogP contribution < -0.4 is 0 Å². The highest BCUT2D eigenvalue weighted by atomic mass is 19.1. The van der Waals surface area contributed by atoms with Gasteiger partial charge in [0.1, 0.15) is 17.4 Å². The summed E-state index contributed by atoms with van der Waals surface area (Å²) in [6.45, 7) is 3.98. The summed E-state index contributed by atoms with van der Waals surface area (Å²) in [5.74, 6) is -2.84. The predicted molar refractivity (Wildman–Crippen MR) is 114 cm³/mol. The molecule has 2 aliphatic heterocycles. The van der Waals surface area contributed by atoms with E-state index in [0.29, 0.717) is 31.7 Å². The molecule has 0 unspecified atom stereocenters. The molecule has 0 aromatic heterocycles. The van der Waals surface area contributed by atoms with E-state index >= 15 is 0 Å². The number of ether oxygens (including phenoxy) is 1. The summed E-state index contributed by atoms with van der Waals surface area (Å²) in [4.78, 5) is 29.5. The maximum atomic E-state index is 13.5. The molecule has 2 aliphatic rings. The van der Waals surface area contributed by atoms with Crippen molar-refractivity contribution in [2.45, 2.75) is 12.5 Å². The van der Waals surface area contributed by atoms with Crippen LogP contribution in [0, 0.1) is 11.6 Å². The number of hydrogen-bond acceptors (Lipinski definition) is 5. The van der Waals surface area contributed by atoms with Crippen molar-refractivity contribution in [1.82, 2.24) is 9.80 Å². The lowest BCUT2D eigenvalue weighted by atomic mass is 9.95. The maximum absolute atomic E-state index is 13.5. The summed E-state index contributed by atoms with van der Waals surface area (Å²) in [6.07, 6.45) is 0.626. The normalized spacial score (nSPS) is 21.3. The molecule has 1 N–H and O–H groups in total. The van der Waals surface area contributed by atoms with E-state index in [1.807, 2.05) is 0 Å². The van der Waals surface area contributed by atoms with Crippen molar-refractivity contribution in [3.05, 3.63) is 76.9 Å². The zero-order valence-corrected chi connectivity index (χ0v) is 17.5. The third kappa shape index (κ3) is 4.56. The molecule has 32 heavy (non-hydrogen) atoms. The average Bonchev–Trinajstić information content (AvgIpc) is 3.05. The van der Waals surface area contributed by atoms with Gasteiger partial charge in [-0.2, -0.15) is 0 Å². The van der Waals surface area contributed by atoms with Gasteiger partial charge in [0.15, 0.2) is 0 Å². The maximum Gasteiger partial charge on any atom is 0.295 e. The first-order valence-corrected chi connectivity index (χ1v) is 10.6. The highest BCUT2D eigenvalue weighted by Crippen LogP contribution is 2.39. The Bertz CT molecular complexity index is 1020. The zero-order chi connectivity index (χ0) is 22.7. The molecule has 0 radical (unpaired) electrons. The number of carbonyl (C=O) groups is 2. The van der Waals surface area contributed by atoms with E-state index in [-0.39, 0.29) is 16.9 Å². The molecule has 2 saturated heterocycles. The molecule has 2 heterocycles. The van der Waals surface area contributed by atoms with Crippen LogP contribution in [0.25, 0.3) is 5.76 Å². The Morgan fingerprint density at radius 3 is 2.16 bits per heavy atom. The molecule has 2 aromatic carbocycles. The van der Waals surface area contributed by atoms with Crippen molar-refractivity contribution in [3.8, 4) is 0 Å². The Labute approximate surface area is 184 Å². The van der Waals surface area contributed by atoms with E-state index in [2.05, 4.69) is 4.90 Å². The Balaban J connectivity index is 1.66. The number of aliphatic hydroxyl groups is 1. The van der Waals surface area contributed by atoms with Gasteiger partial charge in [-0.05, 0) is 48.4 Å². The molecular weight excluding hydrogens is 418 g/mol. The van der Waals surface area contributed by atoms with Crippen molar-refractivity contribution in [1.29, 1.82) is 0 Å². The summed E-state index contributed by atoms with van der Waals surface area (Å²) in [5.41, 5.74) is 0.657. The highest BCUT2D eigenvalue weighted by Gasteiger charge is 2.45. The van der Waals surface area contributed by atoms with Crippen molar-refractivity contribution >= 4 is 17.4 Å². The van der Waals surface area contributed by atoms with Gasteiger partial charge in [-0.1, -0.05) is 12.1 Å². The molecule has 2 fully saturated rings. The van der Waals surface area contributed by atoms with Gasteiger partial charge < -0.3 is 14.7 Å². The monoisotopic (exact) mass is 442 g/mol. The number of ketones is 1. The van der Waals surface area contributed by atoms with Crippen LogP contribution in [0.3, 0.4) is 0 Å². The second-order valence-corrected chi connectivity index (χ2v) is 7.86. The van der Waals surface area contributed by atoms with Gasteiger partial charge in [0.05, 0.1) is 24.8 Å². The van der Waals surface area contributed by atoms with Gasteiger partial charge in [-0.15, -0.1) is 0 Å². The lowest BCUT2D eigenvalue weighted by Crippen LogP contribution is -2.38. The summed E-state index contributed by atoms with van der Waals surface area (Å²) in [7, 11) is 0. The molecule has 8 heteroatoms. The minimum Gasteiger partial charge on any atom is -0.507 e. The number of benzene rings is 2. The van der Waals surface area contributed by atoms with Crippen molar-refractivity contribution < 1.29 is 28.2 Å². The van der Waals surface area contributed by atoms with Crippen molar-refractivity contribution in [2.75, 3.05) is 39.4 Å². The largest absolute Gasteiger partial charge is 0.507 e. The number of aliphatic hydroxyl groups excluding tert-OH is 1. The van der Waals surface area contributed by atoms with Crippen molar-refractivity contribution in [3.63, 3.8) is 0 Å². The van der Waals surface area contributed by atoms with E-state index in [4.69, 9.17) is 4.74 Å². The number of halogens is 2. The Hall–Kier alpha value is -3.10. The molecule has 0 spiro atoms. The average molecular weight is 442 g/mol. The number of carbonyl (C=O) groups excluding carboxylic acids is 2. The smallest absolute Gasteiger partial charge is 0.295 e. The summed E-state index contributed by atoms with van der Waals surface area (Å²) in [5, 5.41) is 10.9. The predicted octanol–water partition coefficient (Wildman–Crippen LogP) is 3.11. The lowest BCUT2D eigenvalue weighted by Gasteiger charge is -2.29. The summed E-state index contributed by atoms with van der Waals surface area (Å²) in [6, 6.07) is 9.67. The molecule has 2 aromatic rings. The van der Waals surface area contributed by atoms with E-state index in [1.165, 1.54) is 53.4 Å². The van der Waals surface area contributed by atoms with Crippen LogP contribution in [-0.2, 0) is 14.3 Å². The Morgan fingerprint density at radius 1 is 0.938 bits per heavy atom. The van der Waals surface area contributed by atoms with Crippen LogP contribution in [0.4, 0.5) is 8.78 Å². The highest BCUT2D eigenvalue weighted by molar-refractivity contribution is 6.46. The van der Waals surface area contributed by atoms with Crippen molar-refractivity contribution in [2.24, 2.45) is 0 Å². The van der Waals surface area contributed by atoms with Gasteiger partial charge in [-0.3, -0.25) is 14.5 Å². The minimum atomic E-state index is -0.856. The second kappa shape index (κ2) is 9.58. The quantitative estimate of drug-likeness (QED) is 0.423. The number of rotatable bonds is 6. The van der Waals surface area contributed by atoms with E-state index < -0.39 is 29.4 Å². The Kier molecular flexibility index (Phi) is 6.62. The lowest BCUT2D eigenvalue weighted by molar-refractivity contribution is -0.140. The second-order valence-electron chi connectivity index (χ2n) is 7.86. The minimum absolute atomic E-state index is 0.0837. The number of morpholine rings is 1. The summed E-state index contributed by atoms with van der Waals surface area (Å²) < 4.78 is 32.2. The molecule has 0 aliphatic carbocycles. The fourth-order valence-corrected chi connectivity index (χ4v) is 4.15. The number of amides is 1. The molecule has 0 saturated carbocycles. The van der Waals surface area contributed by atoms with Gasteiger partial charge in [0.2, 0.25) is 0 Å². The van der Waals surface area contributed by atoms with Gasteiger partial charge in [0.25, 0.3) is 11.7 Å². The molecule has 1 amide bonds. The molecule has 6 nitrogen and oxygen atoms in total. The van der Waals surface area contributed by atoms with Crippen LogP contribution in [0.5, 0.6) is 0 Å². The van der Waals surface area contributed by atoms with Crippen LogP contribution in [-0.4, -0.2) is 66.0 Å². The fourth-order valence-electron chi connectivity index (χ4n) is 4.15. The van der Waals surface area contributed by atoms with E-state index in [9.17, 15) is 23.5 Å². The third-order valence-corrected chi connectivity index (χ3v) is 5.82. The number of nitrogens with zero attached hydrogens (tertiary/aromatic N) is 2. The number of Topliss-reactive ketones (excluding diaryl/α,β-unsaturated/α-hetero) is 1. The topological polar surface area (TPSA) is 70.1 Å². The first-order chi connectivity index (χ1) is 15.5. The van der Waals surface area contributed by atoms with E-state index in [0.717, 1.165) is 19.6 Å². The van der Waals surface area contributed by atoms with Crippen LogP contribution >= 0.6 is 0 Å². The molecule has 4 rings (SSSR count). The van der Waals surface area contributed by atoms with Gasteiger partial charge in [-0.25, -0.2) is 8.78 Å². The zero-order valence-electron chi connectivity index (χ0n) is 17.5. The van der Waals surface area contributed by atoms with Crippen LogP contribution in [0.2, 0.25) is 0 Å². The molecular formula is C24H24F2N2O4. The molecule has 0 bridgehead atoms. The first-order valence-electron chi connectivity index (χ1n) is 10.6. The Morgan fingerprint density at radius 2 is 1.53 bits per heavy atom. The number of hydrogen-bond donors (Lipinski definition) is 1. The van der Waals surface area contributed by atoms with E-state index in [1.54, 1.807) is 0 Å². The van der Waals surface area contributed by atoms with Crippen LogP contribution in [0.15, 0.2) is 54.1 Å². The standard InChI is InChI=1S/C24H24F2N2O4/c25-18-6-2-16(3-7-18)21-20(22(29)17-4-8-19(26)9-5-17)23(30)24(31)28(21)11-1-10-27-12-14-32-15-13-27/h2-9,21,29H,1,10-15H2/b22-20+/t21-/m0/s1. The van der Waals surface area contributed by atoms with Gasteiger partial charge >= 0.3 is 0 Å². The molecule has 168 valence electrons. The first kappa shape index (κ1) is 22.1. The number of likely N-dealkylation sites (tertiary alicyclic amines) is 1. The summed E-state index contributed by atoms with van der Waals surface area (Å²) >= 11 is 0. The fraction of sp³-hybridized carbons (Fsp3) is 0.333. The third-order valence-electron chi connectivity index (χ3n) is 5.82. The SMILES string of the molecule is O=C1C(=O)N(CCCN2CCOCC2)[C@@H](c2ccc(F)cc2)/C1=C(\O)c1ccc(F)cc1. The molecule has 1 atom stereocenters. The van der Waals surface area contributed by atoms with Crippen LogP contribution in [0.1, 0.15) is 23.6 Å².